The highest BCUT2D eigenvalue weighted by molar-refractivity contribution is 7.99. The van der Waals surface area contributed by atoms with Crippen LogP contribution >= 0.6 is 35.0 Å². The predicted octanol–water partition coefficient (Wildman–Crippen LogP) is 4.61. The quantitative estimate of drug-likeness (QED) is 0.415. The second-order valence-corrected chi connectivity index (χ2v) is 8.71. The first-order valence-corrected chi connectivity index (χ1v) is 10.8. The summed E-state index contributed by atoms with van der Waals surface area (Å²) in [6.07, 6.45) is 4.11. The Labute approximate surface area is 177 Å². The van der Waals surface area contributed by atoms with Crippen LogP contribution < -0.4 is 0 Å². The number of aromatic nitrogens is 4. The van der Waals surface area contributed by atoms with Gasteiger partial charge in [0.1, 0.15) is 0 Å². The molecule has 0 N–H and O–H groups in total. The Morgan fingerprint density at radius 1 is 1.32 bits per heavy atom. The van der Waals surface area contributed by atoms with Crippen molar-refractivity contribution in [2.75, 3.05) is 12.4 Å². The number of hydrogen-bond acceptors (Lipinski definition) is 5. The lowest BCUT2D eigenvalue weighted by Crippen LogP contribution is -2.17. The van der Waals surface area contributed by atoms with Crippen LogP contribution in [-0.4, -0.2) is 43.4 Å². The highest BCUT2D eigenvalue weighted by Crippen LogP contribution is 2.27. The second-order valence-electron chi connectivity index (χ2n) is 6.92. The van der Waals surface area contributed by atoms with E-state index in [1.54, 1.807) is 16.7 Å². The monoisotopic (exact) mass is 438 g/mol. The number of Topliss-reactive ketones (excluding diaryl/α,β-unsaturated/α-hetero) is 1. The van der Waals surface area contributed by atoms with Crippen LogP contribution in [0.5, 0.6) is 0 Å². The van der Waals surface area contributed by atoms with E-state index in [1.807, 2.05) is 19.9 Å². The number of ketones is 1. The molecule has 3 aromatic rings. The maximum absolute atomic E-state index is 12.9. The number of carbonyl (C=O) groups is 1. The summed E-state index contributed by atoms with van der Waals surface area (Å²) in [5.41, 5.74) is 3.33. The molecule has 9 heteroatoms. The molecule has 6 nitrogen and oxygen atoms in total. The summed E-state index contributed by atoms with van der Waals surface area (Å²) < 4.78 is 9.64. The van der Waals surface area contributed by atoms with Gasteiger partial charge in [-0.2, -0.15) is 0 Å². The van der Waals surface area contributed by atoms with Gasteiger partial charge in [0.25, 0.3) is 0 Å². The number of halogens is 2. The molecule has 0 radical (unpaired) electrons. The molecule has 4 heterocycles. The summed E-state index contributed by atoms with van der Waals surface area (Å²) in [6.45, 7) is 5.64. The minimum absolute atomic E-state index is 0.0570. The zero-order valence-electron chi connectivity index (χ0n) is 15.6. The summed E-state index contributed by atoms with van der Waals surface area (Å²) in [4.78, 5) is 12.9. The van der Waals surface area contributed by atoms with Gasteiger partial charge in [0.15, 0.2) is 16.6 Å². The van der Waals surface area contributed by atoms with Gasteiger partial charge in [-0.3, -0.25) is 9.20 Å². The fourth-order valence-corrected chi connectivity index (χ4v) is 4.87. The molecule has 0 spiro atoms. The van der Waals surface area contributed by atoms with Gasteiger partial charge in [0.05, 0.1) is 21.9 Å². The summed E-state index contributed by atoms with van der Waals surface area (Å²) in [5.74, 6) is 0.316. The smallest absolute Gasteiger partial charge is 0.196 e. The number of rotatable bonds is 6. The van der Waals surface area contributed by atoms with Crippen molar-refractivity contribution < 1.29 is 9.53 Å². The predicted molar refractivity (Wildman–Crippen MR) is 111 cm³/mol. The molecule has 1 fully saturated rings. The van der Waals surface area contributed by atoms with E-state index in [1.165, 1.54) is 11.8 Å². The molecule has 3 aromatic heterocycles. The van der Waals surface area contributed by atoms with E-state index in [4.69, 9.17) is 27.9 Å². The van der Waals surface area contributed by atoms with Gasteiger partial charge in [-0.25, -0.2) is 0 Å². The van der Waals surface area contributed by atoms with Crippen molar-refractivity contribution in [1.82, 2.24) is 19.2 Å². The number of nitrogens with zero attached hydrogens (tertiary/aromatic N) is 4. The third-order valence-corrected chi connectivity index (χ3v) is 6.44. The summed E-state index contributed by atoms with van der Waals surface area (Å²) in [6, 6.07) is 3.58. The molecule has 0 amide bonds. The van der Waals surface area contributed by atoms with Crippen molar-refractivity contribution in [3.8, 4) is 0 Å². The topological polar surface area (TPSA) is 61.4 Å². The van der Waals surface area contributed by atoms with E-state index in [0.29, 0.717) is 20.8 Å². The van der Waals surface area contributed by atoms with Gasteiger partial charge in [-0.05, 0) is 38.8 Å². The maximum atomic E-state index is 12.9. The Balaban J connectivity index is 1.50. The first kappa shape index (κ1) is 19.8. The van der Waals surface area contributed by atoms with Gasteiger partial charge >= 0.3 is 0 Å². The van der Waals surface area contributed by atoms with Crippen molar-refractivity contribution in [2.45, 2.75) is 44.5 Å². The largest absolute Gasteiger partial charge is 0.376 e. The number of thioether (sulfide) groups is 1. The molecule has 1 aliphatic heterocycles. The number of carbonyl (C=O) groups excluding carboxylic acids is 1. The van der Waals surface area contributed by atoms with E-state index in [2.05, 4.69) is 14.8 Å². The van der Waals surface area contributed by atoms with Crippen molar-refractivity contribution in [3.63, 3.8) is 0 Å². The lowest BCUT2D eigenvalue weighted by atomic mass is 10.2. The normalized spacial score (nSPS) is 16.9. The Hall–Kier alpha value is -1.54. The molecule has 1 atom stereocenters. The van der Waals surface area contributed by atoms with Crippen molar-refractivity contribution in [1.29, 1.82) is 0 Å². The molecule has 0 bridgehead atoms. The van der Waals surface area contributed by atoms with Crippen LogP contribution in [0.4, 0.5) is 0 Å². The van der Waals surface area contributed by atoms with Gasteiger partial charge < -0.3 is 9.30 Å². The number of aryl methyl sites for hydroxylation is 1. The fraction of sp³-hybridized carbons (Fsp3) is 0.421. The Morgan fingerprint density at radius 3 is 2.89 bits per heavy atom. The number of pyridine rings is 1. The van der Waals surface area contributed by atoms with Gasteiger partial charge in [-0.1, -0.05) is 35.0 Å². The van der Waals surface area contributed by atoms with E-state index >= 15 is 0 Å². The standard InChI is InChI=1S/C19H20Cl2N4O2S/c1-11-6-15(12(2)24(11)9-14-4-3-5-27-14)17(26)10-28-19-23-22-18-16(21)7-13(20)8-25(18)19/h6-8,14H,3-5,9-10H2,1-2H3. The fourth-order valence-electron chi connectivity index (χ4n) is 3.57. The number of hydrogen-bond donors (Lipinski definition) is 0. The van der Waals surface area contributed by atoms with Crippen LogP contribution in [0.1, 0.15) is 34.6 Å². The highest BCUT2D eigenvalue weighted by Gasteiger charge is 2.21. The lowest BCUT2D eigenvalue weighted by Gasteiger charge is -2.14. The summed E-state index contributed by atoms with van der Waals surface area (Å²) >= 11 is 13.5. The Morgan fingerprint density at radius 2 is 2.14 bits per heavy atom. The molecule has 148 valence electrons. The molecule has 1 unspecified atom stereocenters. The first-order chi connectivity index (χ1) is 13.4. The molecule has 0 saturated carbocycles. The van der Waals surface area contributed by atoms with E-state index in [9.17, 15) is 4.79 Å². The first-order valence-electron chi connectivity index (χ1n) is 9.08. The number of fused-ring (bicyclic) bond motifs is 1. The lowest BCUT2D eigenvalue weighted by molar-refractivity contribution is 0.0957. The molecule has 4 rings (SSSR count). The van der Waals surface area contributed by atoms with Crippen LogP contribution in [0.15, 0.2) is 23.5 Å². The third-order valence-electron chi connectivity index (χ3n) is 5.01. The molecule has 1 aliphatic rings. The van der Waals surface area contributed by atoms with Gasteiger partial charge in [0.2, 0.25) is 0 Å². The maximum Gasteiger partial charge on any atom is 0.196 e. The van der Waals surface area contributed by atoms with Gasteiger partial charge in [-0.15, -0.1) is 10.2 Å². The SMILES string of the molecule is Cc1cc(C(=O)CSc2nnc3c(Cl)cc(Cl)cn23)c(C)n1CC1CCCO1. The van der Waals surface area contributed by atoms with Crippen molar-refractivity contribution >= 4 is 46.4 Å². The molecule has 0 aliphatic carbocycles. The van der Waals surface area contributed by atoms with Crippen LogP contribution in [0, 0.1) is 13.8 Å². The molecule has 1 saturated heterocycles. The second kappa shape index (κ2) is 8.06. The minimum atomic E-state index is 0.0570. The molecule has 28 heavy (non-hydrogen) atoms. The number of ether oxygens (including phenoxy) is 1. The van der Waals surface area contributed by atoms with E-state index in [-0.39, 0.29) is 17.6 Å². The van der Waals surface area contributed by atoms with Crippen LogP contribution in [0.2, 0.25) is 10.0 Å². The average Bonchev–Trinajstić information content (AvgIpc) is 3.36. The molecular weight excluding hydrogens is 419 g/mol. The minimum Gasteiger partial charge on any atom is -0.376 e. The Bertz CT molecular complexity index is 1040. The van der Waals surface area contributed by atoms with Crippen LogP contribution in [0.3, 0.4) is 0 Å². The summed E-state index contributed by atoms with van der Waals surface area (Å²) in [7, 11) is 0. The zero-order chi connectivity index (χ0) is 19.8. The van der Waals surface area contributed by atoms with E-state index in [0.717, 1.165) is 42.9 Å². The van der Waals surface area contributed by atoms with Crippen LogP contribution in [0.25, 0.3) is 5.65 Å². The van der Waals surface area contributed by atoms with Crippen molar-refractivity contribution in [3.05, 3.63) is 45.3 Å². The third kappa shape index (κ3) is 3.81. The Kier molecular flexibility index (Phi) is 5.69. The average molecular weight is 439 g/mol. The highest BCUT2D eigenvalue weighted by atomic mass is 35.5. The zero-order valence-corrected chi connectivity index (χ0v) is 17.9. The van der Waals surface area contributed by atoms with Crippen molar-refractivity contribution in [2.24, 2.45) is 0 Å². The summed E-state index contributed by atoms with van der Waals surface area (Å²) in [5, 5.41) is 9.71. The molecule has 0 aromatic carbocycles. The van der Waals surface area contributed by atoms with Gasteiger partial charge in [0, 0.05) is 36.3 Å². The molecular formula is C19H20Cl2N4O2S. The van der Waals surface area contributed by atoms with Crippen LogP contribution in [-0.2, 0) is 11.3 Å². The van der Waals surface area contributed by atoms with E-state index < -0.39 is 0 Å².